The molecule has 0 spiro atoms. The third kappa shape index (κ3) is 3.07. The first kappa shape index (κ1) is 15.7. The van der Waals surface area contributed by atoms with Crippen LogP contribution >= 0.6 is 0 Å². The van der Waals surface area contributed by atoms with E-state index in [0.29, 0.717) is 0 Å². The van der Waals surface area contributed by atoms with Crippen molar-refractivity contribution >= 4 is 11.9 Å². The normalized spacial score (nSPS) is 12.6. The highest BCUT2D eigenvalue weighted by Crippen LogP contribution is 2.25. The van der Waals surface area contributed by atoms with Crippen molar-refractivity contribution in [3.8, 4) is 0 Å². The Morgan fingerprint density at radius 2 is 1.65 bits per heavy atom. The van der Waals surface area contributed by atoms with Crippen LogP contribution < -0.4 is 5.32 Å². The number of halogens is 4. The zero-order valence-corrected chi connectivity index (χ0v) is 9.27. The monoisotopic (exact) mass is 259 g/mol. The molecule has 0 saturated heterocycles. The van der Waals surface area contributed by atoms with Crippen molar-refractivity contribution in [1.82, 2.24) is 5.32 Å². The lowest BCUT2D eigenvalue weighted by Gasteiger charge is -2.29. The fourth-order valence-electron chi connectivity index (χ4n) is 1.18. The average Bonchev–Trinajstić information content (AvgIpc) is 2.24. The second kappa shape index (κ2) is 5.33. The Balaban J connectivity index is 5.04. The molecule has 0 atom stereocenters. The average molecular weight is 259 g/mol. The van der Waals surface area contributed by atoms with Gasteiger partial charge in [0.2, 0.25) is 0 Å². The second-order valence-corrected chi connectivity index (χ2v) is 3.47. The van der Waals surface area contributed by atoms with E-state index in [9.17, 15) is 27.2 Å². The standard InChI is InChI=1S/C9H13F4NO3/c1-3-8(4-2,7(16)17)14-6(15)9(12,13)5(10)11/h5H,3-4H2,1-2H3,(H,14,15)(H,16,17). The number of hydrogen-bond acceptors (Lipinski definition) is 2. The Morgan fingerprint density at radius 1 is 1.24 bits per heavy atom. The summed E-state index contributed by atoms with van der Waals surface area (Å²) in [6.45, 7) is 2.69. The van der Waals surface area contributed by atoms with Gasteiger partial charge in [-0.25, -0.2) is 13.6 Å². The van der Waals surface area contributed by atoms with Gasteiger partial charge in [0, 0.05) is 0 Å². The second-order valence-electron chi connectivity index (χ2n) is 3.47. The molecule has 0 aliphatic rings. The summed E-state index contributed by atoms with van der Waals surface area (Å²) in [5.41, 5.74) is -1.95. The highest BCUT2D eigenvalue weighted by molar-refractivity contribution is 5.90. The zero-order chi connectivity index (χ0) is 13.9. The number of carboxylic acids is 1. The predicted molar refractivity (Wildman–Crippen MR) is 50.0 cm³/mol. The fraction of sp³-hybridized carbons (Fsp3) is 0.778. The van der Waals surface area contributed by atoms with Crippen molar-refractivity contribution in [2.75, 3.05) is 0 Å². The van der Waals surface area contributed by atoms with Crippen LogP contribution in [0.3, 0.4) is 0 Å². The highest BCUT2D eigenvalue weighted by atomic mass is 19.3. The lowest BCUT2D eigenvalue weighted by atomic mass is 9.92. The van der Waals surface area contributed by atoms with E-state index in [4.69, 9.17) is 5.11 Å². The summed E-state index contributed by atoms with van der Waals surface area (Å²) in [6, 6.07) is 0. The minimum Gasteiger partial charge on any atom is -0.480 e. The van der Waals surface area contributed by atoms with Crippen molar-refractivity contribution < 1.29 is 32.3 Å². The first-order valence-electron chi connectivity index (χ1n) is 4.86. The lowest BCUT2D eigenvalue weighted by molar-refractivity contribution is -0.174. The molecule has 2 N–H and O–H groups in total. The van der Waals surface area contributed by atoms with Crippen LogP contribution in [-0.2, 0) is 9.59 Å². The van der Waals surface area contributed by atoms with Crippen molar-refractivity contribution in [1.29, 1.82) is 0 Å². The van der Waals surface area contributed by atoms with Gasteiger partial charge in [-0.15, -0.1) is 0 Å². The lowest BCUT2D eigenvalue weighted by Crippen LogP contribution is -2.59. The van der Waals surface area contributed by atoms with Crippen LogP contribution in [0.5, 0.6) is 0 Å². The number of hydrogen-bond donors (Lipinski definition) is 2. The quantitative estimate of drug-likeness (QED) is 0.713. The molecule has 0 saturated carbocycles. The van der Waals surface area contributed by atoms with Gasteiger partial charge in [0.15, 0.2) is 0 Å². The van der Waals surface area contributed by atoms with E-state index in [1.54, 1.807) is 0 Å². The maximum absolute atomic E-state index is 12.7. The number of aliphatic carboxylic acids is 1. The number of amides is 1. The van der Waals surface area contributed by atoms with Gasteiger partial charge in [-0.1, -0.05) is 13.8 Å². The largest absolute Gasteiger partial charge is 0.480 e. The summed E-state index contributed by atoms with van der Waals surface area (Å²) in [7, 11) is 0. The molecule has 0 unspecified atom stereocenters. The van der Waals surface area contributed by atoms with Crippen LogP contribution in [0.1, 0.15) is 26.7 Å². The first-order chi connectivity index (χ1) is 7.64. The minimum absolute atomic E-state index is 0.191. The molecule has 0 fully saturated rings. The van der Waals surface area contributed by atoms with E-state index in [2.05, 4.69) is 0 Å². The number of alkyl halides is 4. The molecular formula is C9H13F4NO3. The summed E-state index contributed by atoms with van der Waals surface area (Å²) in [6.07, 6.45) is -4.56. The van der Waals surface area contributed by atoms with Gasteiger partial charge in [-0.3, -0.25) is 4.79 Å². The Kier molecular flexibility index (Phi) is 4.91. The molecule has 0 aromatic heterocycles. The Hall–Kier alpha value is -1.34. The maximum Gasteiger partial charge on any atom is 0.383 e. The molecule has 0 aromatic carbocycles. The number of carbonyl (C=O) groups is 2. The van der Waals surface area contributed by atoms with E-state index >= 15 is 0 Å². The fourth-order valence-corrected chi connectivity index (χ4v) is 1.18. The number of carbonyl (C=O) groups excluding carboxylic acids is 1. The highest BCUT2D eigenvalue weighted by Gasteiger charge is 2.52. The van der Waals surface area contributed by atoms with Gasteiger partial charge in [0.25, 0.3) is 5.91 Å². The molecule has 1 amide bonds. The van der Waals surface area contributed by atoms with Crippen LogP contribution in [0.25, 0.3) is 0 Å². The van der Waals surface area contributed by atoms with Crippen molar-refractivity contribution in [3.63, 3.8) is 0 Å². The molecule has 0 aliphatic carbocycles. The van der Waals surface area contributed by atoms with Crippen molar-refractivity contribution in [2.45, 2.75) is 44.6 Å². The number of nitrogens with one attached hydrogen (secondary N) is 1. The van der Waals surface area contributed by atoms with Crippen LogP contribution in [0, 0.1) is 0 Å². The maximum atomic E-state index is 12.7. The van der Waals surface area contributed by atoms with E-state index in [1.165, 1.54) is 19.2 Å². The van der Waals surface area contributed by atoms with Gasteiger partial charge in [0.05, 0.1) is 0 Å². The molecule has 0 radical (unpaired) electrons. The van der Waals surface area contributed by atoms with E-state index in [-0.39, 0.29) is 12.8 Å². The summed E-state index contributed by atoms with van der Waals surface area (Å²) in [4.78, 5) is 21.8. The molecule has 0 rings (SSSR count). The van der Waals surface area contributed by atoms with Crippen LogP contribution in [0.2, 0.25) is 0 Å². The SMILES string of the molecule is CCC(CC)(NC(=O)C(F)(F)C(F)F)C(=O)O. The van der Waals surface area contributed by atoms with Crippen LogP contribution in [0.4, 0.5) is 17.6 Å². The third-order valence-corrected chi connectivity index (χ3v) is 2.55. The number of rotatable bonds is 6. The van der Waals surface area contributed by atoms with Crippen molar-refractivity contribution in [3.05, 3.63) is 0 Å². The van der Waals surface area contributed by atoms with Crippen LogP contribution in [0.15, 0.2) is 0 Å². The van der Waals surface area contributed by atoms with Gasteiger partial charge in [0.1, 0.15) is 5.54 Å². The molecular weight excluding hydrogens is 246 g/mol. The Morgan fingerprint density at radius 3 is 1.88 bits per heavy atom. The number of carboxylic acid groups (broad SMARTS) is 1. The molecule has 4 nitrogen and oxygen atoms in total. The smallest absolute Gasteiger partial charge is 0.383 e. The van der Waals surface area contributed by atoms with E-state index in [0.717, 1.165) is 0 Å². The van der Waals surface area contributed by atoms with Gasteiger partial charge in [-0.2, -0.15) is 8.78 Å². The Labute approximate surface area is 95.0 Å². The first-order valence-corrected chi connectivity index (χ1v) is 4.86. The summed E-state index contributed by atoms with van der Waals surface area (Å²) < 4.78 is 49.1. The predicted octanol–water partition coefficient (Wildman–Crippen LogP) is 1.65. The molecule has 0 bridgehead atoms. The minimum atomic E-state index is -4.90. The topological polar surface area (TPSA) is 66.4 Å². The summed E-state index contributed by atoms with van der Waals surface area (Å²) in [5.74, 6) is -8.72. The van der Waals surface area contributed by atoms with E-state index < -0.39 is 29.8 Å². The third-order valence-electron chi connectivity index (χ3n) is 2.55. The molecule has 0 aromatic rings. The molecule has 8 heteroatoms. The zero-order valence-electron chi connectivity index (χ0n) is 9.27. The van der Waals surface area contributed by atoms with Crippen LogP contribution in [-0.4, -0.2) is 34.9 Å². The molecule has 0 aliphatic heterocycles. The molecule has 0 heterocycles. The Bertz CT molecular complexity index is 303. The van der Waals surface area contributed by atoms with E-state index in [1.807, 2.05) is 0 Å². The summed E-state index contributed by atoms with van der Waals surface area (Å²) >= 11 is 0. The molecule has 100 valence electrons. The van der Waals surface area contributed by atoms with Gasteiger partial charge < -0.3 is 10.4 Å². The van der Waals surface area contributed by atoms with Gasteiger partial charge in [-0.05, 0) is 12.8 Å². The van der Waals surface area contributed by atoms with Crippen molar-refractivity contribution in [2.24, 2.45) is 0 Å². The summed E-state index contributed by atoms with van der Waals surface area (Å²) in [5, 5.41) is 10.3. The molecule has 17 heavy (non-hydrogen) atoms. The van der Waals surface area contributed by atoms with Gasteiger partial charge >= 0.3 is 18.3 Å².